The van der Waals surface area contributed by atoms with Crippen molar-refractivity contribution in [3.05, 3.63) is 24.0 Å². The summed E-state index contributed by atoms with van der Waals surface area (Å²) in [4.78, 5) is 15.3. The molecule has 2 heterocycles. The maximum absolute atomic E-state index is 11.3. The highest BCUT2D eigenvalue weighted by Crippen LogP contribution is 2.31. The van der Waals surface area contributed by atoms with E-state index in [-0.39, 0.29) is 11.9 Å². The maximum Gasteiger partial charge on any atom is 0.142 e. The highest BCUT2D eigenvalue weighted by Gasteiger charge is 2.24. The molecule has 0 radical (unpaired) electrons. The first-order valence-corrected chi connectivity index (χ1v) is 4.92. The first-order valence-electron chi connectivity index (χ1n) is 4.92. The summed E-state index contributed by atoms with van der Waals surface area (Å²) in [6.07, 6.45) is 4.09. The Hall–Kier alpha value is -1.42. The van der Waals surface area contributed by atoms with Gasteiger partial charge in [0.1, 0.15) is 11.5 Å². The normalized spacial score (nSPS) is 21.4. The van der Waals surface area contributed by atoms with Gasteiger partial charge >= 0.3 is 0 Å². The smallest absolute Gasteiger partial charge is 0.142 e. The van der Waals surface area contributed by atoms with Crippen LogP contribution in [0.1, 0.15) is 24.5 Å². The average Bonchev–Trinajstić information content (AvgIpc) is 2.29. The second-order valence-corrected chi connectivity index (χ2v) is 3.47. The van der Waals surface area contributed by atoms with E-state index in [1.807, 2.05) is 6.07 Å². The van der Waals surface area contributed by atoms with Gasteiger partial charge in [-0.1, -0.05) is 0 Å². The van der Waals surface area contributed by atoms with Crippen LogP contribution in [0.25, 0.3) is 0 Å². The van der Waals surface area contributed by atoms with Gasteiger partial charge in [-0.05, 0) is 6.07 Å². The van der Waals surface area contributed by atoms with Crippen LogP contribution in [0.5, 0.6) is 5.75 Å². The molecule has 2 rings (SSSR count). The Morgan fingerprint density at radius 2 is 2.47 bits per heavy atom. The topological polar surface area (TPSA) is 48.4 Å². The van der Waals surface area contributed by atoms with E-state index in [0.717, 1.165) is 5.56 Å². The van der Waals surface area contributed by atoms with Crippen molar-refractivity contribution < 1.29 is 14.3 Å². The lowest BCUT2D eigenvalue weighted by Crippen LogP contribution is -2.19. The maximum atomic E-state index is 11.3. The Kier molecular flexibility index (Phi) is 2.97. The van der Waals surface area contributed by atoms with Gasteiger partial charge in [-0.2, -0.15) is 0 Å². The summed E-state index contributed by atoms with van der Waals surface area (Å²) in [5.74, 6) is 0.919. The number of pyridine rings is 1. The first kappa shape index (κ1) is 10.1. The second-order valence-electron chi connectivity index (χ2n) is 3.47. The standard InChI is InChI=1S/C11H13NO3/c1-14-11-7-12-4-2-9(11)10-6-8(13)3-5-15-10/h2,4,7,10H,3,5-6H2,1H3. The molecule has 80 valence electrons. The molecule has 0 spiro atoms. The molecule has 4 nitrogen and oxygen atoms in total. The van der Waals surface area contributed by atoms with E-state index < -0.39 is 0 Å². The van der Waals surface area contributed by atoms with Gasteiger partial charge in [0.25, 0.3) is 0 Å². The number of methoxy groups -OCH3 is 1. The highest BCUT2D eigenvalue weighted by molar-refractivity contribution is 5.79. The fourth-order valence-electron chi connectivity index (χ4n) is 1.71. The molecule has 1 aromatic heterocycles. The Bertz CT molecular complexity index is 365. The zero-order valence-corrected chi connectivity index (χ0v) is 8.60. The Balaban J connectivity index is 2.24. The summed E-state index contributed by atoms with van der Waals surface area (Å²) in [5.41, 5.74) is 0.903. The number of carbonyl (C=O) groups is 1. The van der Waals surface area contributed by atoms with Crippen molar-refractivity contribution in [1.29, 1.82) is 0 Å². The van der Waals surface area contributed by atoms with Crippen molar-refractivity contribution >= 4 is 5.78 Å². The molecule has 15 heavy (non-hydrogen) atoms. The molecule has 1 aromatic rings. The van der Waals surface area contributed by atoms with Crippen LogP contribution >= 0.6 is 0 Å². The third-order valence-corrected chi connectivity index (χ3v) is 2.50. The summed E-state index contributed by atoms with van der Waals surface area (Å²) < 4.78 is 10.7. The summed E-state index contributed by atoms with van der Waals surface area (Å²) in [6, 6.07) is 1.84. The molecule has 1 atom stereocenters. The molecule has 1 unspecified atom stereocenters. The fourth-order valence-corrected chi connectivity index (χ4v) is 1.71. The summed E-state index contributed by atoms with van der Waals surface area (Å²) in [6.45, 7) is 0.495. The zero-order valence-electron chi connectivity index (χ0n) is 8.60. The highest BCUT2D eigenvalue weighted by atomic mass is 16.5. The molecule has 0 amide bonds. The summed E-state index contributed by atoms with van der Waals surface area (Å²) in [5, 5.41) is 0. The predicted molar refractivity (Wildman–Crippen MR) is 53.7 cm³/mol. The largest absolute Gasteiger partial charge is 0.495 e. The summed E-state index contributed by atoms with van der Waals surface area (Å²) in [7, 11) is 1.59. The Morgan fingerprint density at radius 1 is 1.60 bits per heavy atom. The molecule has 1 saturated heterocycles. The molecule has 4 heteroatoms. The number of hydrogen-bond donors (Lipinski definition) is 0. The van der Waals surface area contributed by atoms with Gasteiger partial charge < -0.3 is 9.47 Å². The third kappa shape index (κ3) is 2.15. The van der Waals surface area contributed by atoms with E-state index >= 15 is 0 Å². The van der Waals surface area contributed by atoms with Gasteiger partial charge in [-0.3, -0.25) is 9.78 Å². The number of Topliss-reactive ketones (excluding diaryl/α,β-unsaturated/α-hetero) is 1. The van der Waals surface area contributed by atoms with E-state index in [9.17, 15) is 4.79 Å². The molecule has 0 aromatic carbocycles. The van der Waals surface area contributed by atoms with Gasteiger partial charge in [0.2, 0.25) is 0 Å². The van der Waals surface area contributed by atoms with E-state index in [4.69, 9.17) is 9.47 Å². The van der Waals surface area contributed by atoms with E-state index in [2.05, 4.69) is 4.98 Å². The second kappa shape index (κ2) is 4.40. The number of carbonyl (C=O) groups excluding carboxylic acids is 1. The van der Waals surface area contributed by atoms with Crippen LogP contribution in [0.4, 0.5) is 0 Å². The fraction of sp³-hybridized carbons (Fsp3) is 0.455. The van der Waals surface area contributed by atoms with E-state index in [1.165, 1.54) is 0 Å². The monoisotopic (exact) mass is 207 g/mol. The Morgan fingerprint density at radius 3 is 3.20 bits per heavy atom. The number of ketones is 1. The van der Waals surface area contributed by atoms with Crippen molar-refractivity contribution in [2.45, 2.75) is 18.9 Å². The third-order valence-electron chi connectivity index (χ3n) is 2.50. The van der Waals surface area contributed by atoms with Crippen LogP contribution in [-0.4, -0.2) is 24.5 Å². The lowest BCUT2D eigenvalue weighted by Gasteiger charge is -2.23. The van der Waals surface area contributed by atoms with Crippen molar-refractivity contribution in [3.8, 4) is 5.75 Å². The van der Waals surface area contributed by atoms with Crippen LogP contribution in [-0.2, 0) is 9.53 Å². The molecule has 1 aliphatic heterocycles. The molecule has 1 fully saturated rings. The number of ether oxygens (including phenoxy) is 2. The zero-order chi connectivity index (χ0) is 10.7. The van der Waals surface area contributed by atoms with Crippen LogP contribution in [0.3, 0.4) is 0 Å². The van der Waals surface area contributed by atoms with E-state index in [0.29, 0.717) is 25.2 Å². The molecule has 0 saturated carbocycles. The number of hydrogen-bond acceptors (Lipinski definition) is 4. The van der Waals surface area contributed by atoms with Crippen molar-refractivity contribution in [2.24, 2.45) is 0 Å². The molecule has 0 N–H and O–H groups in total. The lowest BCUT2D eigenvalue weighted by molar-refractivity contribution is -0.128. The molecule has 0 bridgehead atoms. The Labute approximate surface area is 88.2 Å². The SMILES string of the molecule is COc1cnccc1C1CC(=O)CCO1. The van der Waals surface area contributed by atoms with Crippen molar-refractivity contribution in [3.63, 3.8) is 0 Å². The van der Waals surface area contributed by atoms with Crippen LogP contribution in [0.15, 0.2) is 18.5 Å². The minimum Gasteiger partial charge on any atom is -0.495 e. The molecular formula is C11H13NO3. The number of aromatic nitrogens is 1. The van der Waals surface area contributed by atoms with Gasteiger partial charge in [-0.25, -0.2) is 0 Å². The van der Waals surface area contributed by atoms with Crippen molar-refractivity contribution in [1.82, 2.24) is 4.98 Å². The molecule has 0 aliphatic carbocycles. The minimum atomic E-state index is -0.177. The van der Waals surface area contributed by atoms with Gasteiger partial charge in [-0.15, -0.1) is 0 Å². The van der Waals surface area contributed by atoms with Crippen LogP contribution in [0.2, 0.25) is 0 Å². The predicted octanol–water partition coefficient (Wildman–Crippen LogP) is 1.51. The van der Waals surface area contributed by atoms with Gasteiger partial charge in [0.15, 0.2) is 0 Å². The van der Waals surface area contributed by atoms with Crippen LogP contribution < -0.4 is 4.74 Å². The van der Waals surface area contributed by atoms with Crippen molar-refractivity contribution in [2.75, 3.05) is 13.7 Å². The average molecular weight is 207 g/mol. The van der Waals surface area contributed by atoms with Gasteiger partial charge in [0.05, 0.1) is 26.0 Å². The molecular weight excluding hydrogens is 194 g/mol. The number of nitrogens with zero attached hydrogens (tertiary/aromatic N) is 1. The first-order chi connectivity index (χ1) is 7.31. The van der Waals surface area contributed by atoms with Crippen LogP contribution in [0, 0.1) is 0 Å². The number of rotatable bonds is 2. The molecule has 1 aliphatic rings. The lowest BCUT2D eigenvalue weighted by atomic mass is 10.0. The summed E-state index contributed by atoms with van der Waals surface area (Å²) >= 11 is 0. The van der Waals surface area contributed by atoms with Gasteiger partial charge in [0, 0.05) is 24.6 Å². The van der Waals surface area contributed by atoms with E-state index in [1.54, 1.807) is 19.5 Å². The quantitative estimate of drug-likeness (QED) is 0.737. The minimum absolute atomic E-state index is 0.177.